The van der Waals surface area contributed by atoms with E-state index < -0.39 is 5.91 Å². The number of anilines is 1. The van der Waals surface area contributed by atoms with Gasteiger partial charge >= 0.3 is 0 Å². The van der Waals surface area contributed by atoms with Crippen LogP contribution in [0.4, 0.5) is 5.69 Å². The predicted molar refractivity (Wildman–Crippen MR) is 114 cm³/mol. The Labute approximate surface area is 174 Å². The molecule has 6 heteroatoms. The van der Waals surface area contributed by atoms with Gasteiger partial charge < -0.3 is 14.5 Å². The number of benzene rings is 2. The number of rotatable bonds is 6. The van der Waals surface area contributed by atoms with Crippen molar-refractivity contribution in [2.75, 3.05) is 12.4 Å². The lowest BCUT2D eigenvalue weighted by atomic mass is 9.99. The quantitative estimate of drug-likeness (QED) is 0.623. The SMILES string of the molecule is COc1cccc(NC2=C(c3ccc(C)c(C)c3)C(=O)N(Cc3ccco3)C2=O)c1. The molecule has 1 aromatic heterocycles. The summed E-state index contributed by atoms with van der Waals surface area (Å²) < 4.78 is 10.6. The highest BCUT2D eigenvalue weighted by Gasteiger charge is 2.39. The van der Waals surface area contributed by atoms with Crippen LogP contribution in [-0.4, -0.2) is 23.8 Å². The van der Waals surface area contributed by atoms with Crippen molar-refractivity contribution in [2.45, 2.75) is 20.4 Å². The van der Waals surface area contributed by atoms with E-state index in [1.165, 1.54) is 11.2 Å². The zero-order valence-electron chi connectivity index (χ0n) is 17.1. The Balaban J connectivity index is 1.77. The molecule has 0 atom stereocenters. The predicted octanol–water partition coefficient (Wildman–Crippen LogP) is 4.30. The number of methoxy groups -OCH3 is 1. The topological polar surface area (TPSA) is 71.8 Å². The Morgan fingerprint density at radius 1 is 0.967 bits per heavy atom. The van der Waals surface area contributed by atoms with Crippen LogP contribution in [0.15, 0.2) is 71.0 Å². The molecule has 30 heavy (non-hydrogen) atoms. The fourth-order valence-corrected chi connectivity index (χ4v) is 3.40. The van der Waals surface area contributed by atoms with Crippen LogP contribution in [0.5, 0.6) is 5.75 Å². The van der Waals surface area contributed by atoms with Crippen LogP contribution in [0.1, 0.15) is 22.5 Å². The first kappa shape index (κ1) is 19.5. The molecule has 0 aliphatic carbocycles. The number of ether oxygens (including phenoxy) is 1. The molecule has 1 aliphatic heterocycles. The zero-order chi connectivity index (χ0) is 21.3. The summed E-state index contributed by atoms with van der Waals surface area (Å²) in [6.07, 6.45) is 1.52. The minimum absolute atomic E-state index is 0.0717. The minimum atomic E-state index is -0.396. The van der Waals surface area contributed by atoms with Crippen LogP contribution >= 0.6 is 0 Å². The summed E-state index contributed by atoms with van der Waals surface area (Å²) in [7, 11) is 1.58. The fourth-order valence-electron chi connectivity index (χ4n) is 3.40. The summed E-state index contributed by atoms with van der Waals surface area (Å²) in [5.41, 5.74) is 4.10. The summed E-state index contributed by atoms with van der Waals surface area (Å²) in [5.74, 6) is 0.439. The third-order valence-corrected chi connectivity index (χ3v) is 5.20. The Morgan fingerprint density at radius 2 is 1.80 bits per heavy atom. The van der Waals surface area contributed by atoms with Gasteiger partial charge in [-0.05, 0) is 54.8 Å². The van der Waals surface area contributed by atoms with Gasteiger partial charge in [-0.3, -0.25) is 14.5 Å². The molecule has 6 nitrogen and oxygen atoms in total. The first-order valence-electron chi connectivity index (χ1n) is 9.59. The molecule has 0 spiro atoms. The molecule has 152 valence electrons. The maximum Gasteiger partial charge on any atom is 0.278 e. The molecule has 3 aromatic rings. The van der Waals surface area contributed by atoms with Gasteiger partial charge in [-0.25, -0.2) is 0 Å². The monoisotopic (exact) mass is 402 g/mol. The number of carbonyl (C=O) groups excluding carboxylic acids is 2. The van der Waals surface area contributed by atoms with Crippen molar-refractivity contribution in [3.8, 4) is 5.75 Å². The smallest absolute Gasteiger partial charge is 0.278 e. The Hall–Kier alpha value is -3.80. The zero-order valence-corrected chi connectivity index (χ0v) is 17.1. The lowest BCUT2D eigenvalue weighted by Crippen LogP contribution is -2.31. The van der Waals surface area contributed by atoms with Gasteiger partial charge in [-0.1, -0.05) is 24.3 Å². The van der Waals surface area contributed by atoms with Crippen molar-refractivity contribution in [1.29, 1.82) is 0 Å². The number of amides is 2. The third kappa shape index (κ3) is 3.59. The van der Waals surface area contributed by atoms with Crippen LogP contribution in [0.2, 0.25) is 0 Å². The first-order chi connectivity index (χ1) is 14.5. The van der Waals surface area contributed by atoms with Gasteiger partial charge in [0.05, 0.1) is 25.5 Å². The molecule has 0 saturated heterocycles. The second-order valence-corrected chi connectivity index (χ2v) is 7.18. The number of carbonyl (C=O) groups is 2. The summed E-state index contributed by atoms with van der Waals surface area (Å²) in [6, 6.07) is 16.4. The second kappa shape index (κ2) is 7.91. The molecule has 2 heterocycles. The summed E-state index contributed by atoms with van der Waals surface area (Å²) in [5, 5.41) is 3.14. The van der Waals surface area contributed by atoms with Gasteiger partial charge in [0.25, 0.3) is 11.8 Å². The van der Waals surface area contributed by atoms with Crippen molar-refractivity contribution in [3.05, 3.63) is 89.0 Å². The van der Waals surface area contributed by atoms with Gasteiger partial charge in [0.1, 0.15) is 17.2 Å². The van der Waals surface area contributed by atoms with E-state index >= 15 is 0 Å². The highest BCUT2D eigenvalue weighted by atomic mass is 16.5. The molecule has 0 saturated carbocycles. The number of furan rings is 1. The molecular weight excluding hydrogens is 380 g/mol. The maximum absolute atomic E-state index is 13.3. The average molecular weight is 402 g/mol. The van der Waals surface area contributed by atoms with E-state index in [1.54, 1.807) is 25.3 Å². The highest BCUT2D eigenvalue weighted by molar-refractivity contribution is 6.36. The van der Waals surface area contributed by atoms with Gasteiger partial charge in [0.15, 0.2) is 0 Å². The van der Waals surface area contributed by atoms with E-state index in [1.807, 2.05) is 50.2 Å². The van der Waals surface area contributed by atoms with E-state index in [-0.39, 0.29) is 18.1 Å². The highest BCUT2D eigenvalue weighted by Crippen LogP contribution is 2.33. The fraction of sp³-hybridized carbons (Fsp3) is 0.167. The summed E-state index contributed by atoms with van der Waals surface area (Å²) >= 11 is 0. The summed E-state index contributed by atoms with van der Waals surface area (Å²) in [6.45, 7) is 4.06. The minimum Gasteiger partial charge on any atom is -0.497 e. The average Bonchev–Trinajstić information content (AvgIpc) is 3.33. The summed E-state index contributed by atoms with van der Waals surface area (Å²) in [4.78, 5) is 27.8. The molecular formula is C24H22N2O4. The van der Waals surface area contributed by atoms with E-state index in [0.717, 1.165) is 11.1 Å². The largest absolute Gasteiger partial charge is 0.497 e. The van der Waals surface area contributed by atoms with E-state index in [2.05, 4.69) is 5.32 Å². The number of hydrogen-bond donors (Lipinski definition) is 1. The number of imide groups is 1. The van der Waals surface area contributed by atoms with E-state index in [9.17, 15) is 9.59 Å². The number of nitrogens with one attached hydrogen (secondary N) is 1. The molecule has 4 rings (SSSR count). The van der Waals surface area contributed by atoms with E-state index in [0.29, 0.717) is 28.3 Å². The molecule has 1 N–H and O–H groups in total. The van der Waals surface area contributed by atoms with Gasteiger partial charge in [0, 0.05) is 11.8 Å². The number of aryl methyl sites for hydroxylation is 2. The maximum atomic E-state index is 13.3. The van der Waals surface area contributed by atoms with Gasteiger partial charge in [-0.15, -0.1) is 0 Å². The van der Waals surface area contributed by atoms with Gasteiger partial charge in [-0.2, -0.15) is 0 Å². The van der Waals surface area contributed by atoms with Crippen molar-refractivity contribution in [2.24, 2.45) is 0 Å². The van der Waals surface area contributed by atoms with Crippen molar-refractivity contribution in [1.82, 2.24) is 4.90 Å². The Kier molecular flexibility index (Phi) is 5.14. The number of hydrogen-bond acceptors (Lipinski definition) is 5. The number of nitrogens with zero attached hydrogens (tertiary/aromatic N) is 1. The van der Waals surface area contributed by atoms with Gasteiger partial charge in [0.2, 0.25) is 0 Å². The molecule has 0 bridgehead atoms. The second-order valence-electron chi connectivity index (χ2n) is 7.18. The molecule has 0 fully saturated rings. The normalized spacial score (nSPS) is 13.9. The van der Waals surface area contributed by atoms with Crippen LogP contribution < -0.4 is 10.1 Å². The van der Waals surface area contributed by atoms with E-state index in [4.69, 9.17) is 9.15 Å². The van der Waals surface area contributed by atoms with Crippen LogP contribution in [0, 0.1) is 13.8 Å². The Morgan fingerprint density at radius 3 is 2.50 bits per heavy atom. The van der Waals surface area contributed by atoms with Crippen molar-refractivity contribution >= 4 is 23.1 Å². The molecule has 0 radical (unpaired) electrons. The molecule has 2 amide bonds. The molecule has 1 aliphatic rings. The standard InChI is InChI=1S/C24H22N2O4/c1-15-9-10-17(12-16(15)2)21-22(25-18-6-4-7-19(13-18)29-3)24(28)26(23(21)27)14-20-8-5-11-30-20/h4-13,25H,14H2,1-3H3. The van der Waals surface area contributed by atoms with Crippen molar-refractivity contribution < 1.29 is 18.7 Å². The lowest BCUT2D eigenvalue weighted by Gasteiger charge is -2.14. The lowest BCUT2D eigenvalue weighted by molar-refractivity contribution is -0.137. The van der Waals surface area contributed by atoms with Crippen LogP contribution in [0.3, 0.4) is 0 Å². The molecule has 0 unspecified atom stereocenters. The van der Waals surface area contributed by atoms with Crippen molar-refractivity contribution in [3.63, 3.8) is 0 Å². The van der Waals surface area contributed by atoms with Crippen LogP contribution in [-0.2, 0) is 16.1 Å². The Bertz CT molecular complexity index is 1150. The molecule has 2 aromatic carbocycles. The third-order valence-electron chi connectivity index (χ3n) is 5.20. The van der Waals surface area contributed by atoms with Crippen LogP contribution in [0.25, 0.3) is 5.57 Å². The first-order valence-corrected chi connectivity index (χ1v) is 9.59.